The van der Waals surface area contributed by atoms with Crippen molar-refractivity contribution < 1.29 is 19.1 Å². The van der Waals surface area contributed by atoms with Crippen molar-refractivity contribution in [3.63, 3.8) is 0 Å². The van der Waals surface area contributed by atoms with Crippen LogP contribution in [0.4, 0.5) is 21.9 Å². The molecule has 0 spiro atoms. The summed E-state index contributed by atoms with van der Waals surface area (Å²) in [6.07, 6.45) is 3.89. The number of pyridine rings is 1. The quantitative estimate of drug-likeness (QED) is 0.255. The van der Waals surface area contributed by atoms with Gasteiger partial charge in [-0.25, -0.2) is 9.78 Å². The number of amides is 4. The first-order valence-corrected chi connectivity index (χ1v) is 14.7. The van der Waals surface area contributed by atoms with Crippen LogP contribution in [0, 0.1) is 6.92 Å². The average molecular weight is 585 g/mol. The second-order valence-electron chi connectivity index (χ2n) is 10.9. The molecule has 4 amide bonds. The molecule has 0 unspecified atom stereocenters. The Morgan fingerprint density at radius 2 is 1.81 bits per heavy atom. The molecule has 1 aliphatic heterocycles. The molecule has 11 heteroatoms. The van der Waals surface area contributed by atoms with Gasteiger partial charge in [0.15, 0.2) is 0 Å². The number of ether oxygens (including phenoxy) is 1. The number of para-hydroxylation sites is 1. The van der Waals surface area contributed by atoms with E-state index in [1.54, 1.807) is 17.2 Å². The van der Waals surface area contributed by atoms with Crippen LogP contribution >= 0.6 is 11.3 Å². The lowest BCUT2D eigenvalue weighted by Crippen LogP contribution is -2.40. The van der Waals surface area contributed by atoms with Crippen molar-refractivity contribution in [3.05, 3.63) is 71.2 Å². The minimum Gasteiger partial charge on any atom is -0.457 e. The van der Waals surface area contributed by atoms with Crippen molar-refractivity contribution >= 4 is 56.5 Å². The van der Waals surface area contributed by atoms with Crippen LogP contribution in [0.5, 0.6) is 11.5 Å². The second kappa shape index (κ2) is 11.4. The first-order chi connectivity index (χ1) is 20.3. The van der Waals surface area contributed by atoms with E-state index in [0.717, 1.165) is 29.5 Å². The molecule has 2 aromatic heterocycles. The fraction of sp³-hybridized carbons (Fsp3) is 0.290. The molecule has 42 heavy (non-hydrogen) atoms. The number of carbonyl (C=O) groups is 3. The number of benzene rings is 2. The summed E-state index contributed by atoms with van der Waals surface area (Å²) in [5.74, 6) is 1.12. The molecular weight excluding hydrogens is 552 g/mol. The smallest absolute Gasteiger partial charge is 0.331 e. The highest BCUT2D eigenvalue weighted by Crippen LogP contribution is 2.46. The van der Waals surface area contributed by atoms with E-state index in [9.17, 15) is 14.4 Å². The largest absolute Gasteiger partial charge is 0.457 e. The Morgan fingerprint density at radius 3 is 2.55 bits per heavy atom. The van der Waals surface area contributed by atoms with Crippen LogP contribution in [0.3, 0.4) is 0 Å². The third-order valence-electron chi connectivity index (χ3n) is 7.43. The number of likely N-dealkylation sites (N-methyl/N-ethyl adjacent to an activating group) is 1. The van der Waals surface area contributed by atoms with Crippen molar-refractivity contribution in [1.29, 1.82) is 0 Å². The van der Waals surface area contributed by atoms with Crippen molar-refractivity contribution in [3.8, 4) is 11.5 Å². The van der Waals surface area contributed by atoms with Crippen LogP contribution in [0.15, 0.2) is 60.8 Å². The molecule has 4 aromatic rings. The summed E-state index contributed by atoms with van der Waals surface area (Å²) in [6, 6.07) is 16.5. The fourth-order valence-corrected chi connectivity index (χ4v) is 6.63. The highest BCUT2D eigenvalue weighted by Gasteiger charge is 2.34. The summed E-state index contributed by atoms with van der Waals surface area (Å²) in [5, 5.41) is 9.86. The van der Waals surface area contributed by atoms with E-state index in [2.05, 4.69) is 20.9 Å². The van der Waals surface area contributed by atoms with Crippen LogP contribution in [0.25, 0.3) is 10.2 Å². The zero-order valence-corrected chi connectivity index (χ0v) is 24.5. The summed E-state index contributed by atoms with van der Waals surface area (Å²) >= 11 is 1.26. The first-order valence-electron chi connectivity index (χ1n) is 13.9. The van der Waals surface area contributed by atoms with Crippen LogP contribution in [0.2, 0.25) is 0 Å². The molecule has 3 N–H and O–H groups in total. The average Bonchev–Trinajstić information content (AvgIpc) is 3.54. The van der Waals surface area contributed by atoms with Crippen LogP contribution < -0.4 is 25.6 Å². The van der Waals surface area contributed by atoms with Crippen molar-refractivity contribution in [2.75, 3.05) is 30.9 Å². The predicted octanol–water partition coefficient (Wildman–Crippen LogP) is 5.41. The topological polar surface area (TPSA) is 116 Å². The molecule has 1 fully saturated rings. The summed E-state index contributed by atoms with van der Waals surface area (Å²) in [6.45, 7) is 2.26. The Labute approximate surface area is 247 Å². The zero-order chi connectivity index (χ0) is 29.4. The summed E-state index contributed by atoms with van der Waals surface area (Å²) < 4.78 is 5.97. The maximum Gasteiger partial charge on any atom is 0.331 e. The fourth-order valence-electron chi connectivity index (χ4n) is 5.61. The van der Waals surface area contributed by atoms with E-state index < -0.39 is 0 Å². The number of aromatic nitrogens is 1. The molecule has 0 radical (unpaired) electrons. The molecule has 2 atom stereocenters. The Kier molecular flexibility index (Phi) is 7.53. The van der Waals surface area contributed by atoms with Gasteiger partial charge in [-0.05, 0) is 82.2 Å². The number of carbonyl (C=O) groups excluding carboxylic acids is 3. The van der Waals surface area contributed by atoms with E-state index in [1.165, 1.54) is 11.3 Å². The Balaban J connectivity index is 1.22. The maximum atomic E-state index is 13.6. The predicted molar refractivity (Wildman–Crippen MR) is 164 cm³/mol. The third-order valence-corrected chi connectivity index (χ3v) is 8.53. The minimum atomic E-state index is -0.355. The zero-order valence-electron chi connectivity index (χ0n) is 23.6. The number of nitrogens with zero attached hydrogens (tertiary/aromatic N) is 3. The van der Waals surface area contributed by atoms with Crippen LogP contribution in [0.1, 0.15) is 34.5 Å². The summed E-state index contributed by atoms with van der Waals surface area (Å²) in [5.41, 5.74) is 2.70. The van der Waals surface area contributed by atoms with Gasteiger partial charge in [-0.15, -0.1) is 11.3 Å². The Morgan fingerprint density at radius 1 is 1.05 bits per heavy atom. The van der Waals surface area contributed by atoms with Crippen molar-refractivity contribution in [1.82, 2.24) is 20.5 Å². The molecule has 1 aliphatic carbocycles. The number of hydrogen-bond acceptors (Lipinski definition) is 7. The van der Waals surface area contributed by atoms with Gasteiger partial charge in [0.05, 0.1) is 29.0 Å². The van der Waals surface area contributed by atoms with Gasteiger partial charge in [-0.2, -0.15) is 0 Å². The van der Waals surface area contributed by atoms with Gasteiger partial charge in [0.1, 0.15) is 21.2 Å². The standard InChI is InChI=1S/C31H32N6O4S/c1-18-15-22(41-21-7-5-4-6-8-21)11-12-23(18)37-24-13-14-32-30-26(24)27(35-31(37)40)28(42-30)29(39)34-20-10-9-19(16-20)33-25(38)17-36(2)3/h4-8,11-15,19-20H,9-10,16-17H2,1-3H3,(H,33,38)(H,34,39)(H,35,40)/t19-,20-/m0/s1. The Hall–Kier alpha value is -4.48. The van der Waals surface area contributed by atoms with Crippen molar-refractivity contribution in [2.45, 2.75) is 38.3 Å². The number of rotatable bonds is 8. The third kappa shape index (κ3) is 5.53. The van der Waals surface area contributed by atoms with Gasteiger partial charge < -0.3 is 25.6 Å². The molecule has 6 rings (SSSR count). The molecule has 216 valence electrons. The summed E-state index contributed by atoms with van der Waals surface area (Å²) in [7, 11) is 3.71. The van der Waals surface area contributed by atoms with Crippen molar-refractivity contribution in [2.24, 2.45) is 0 Å². The molecule has 0 saturated heterocycles. The monoisotopic (exact) mass is 584 g/mol. The van der Waals surface area contributed by atoms with Gasteiger partial charge in [-0.1, -0.05) is 18.2 Å². The number of hydrogen-bond donors (Lipinski definition) is 3. The molecule has 1 saturated carbocycles. The normalized spacial score (nSPS) is 17.8. The van der Waals surface area contributed by atoms with Gasteiger partial charge >= 0.3 is 6.03 Å². The molecule has 3 heterocycles. The molecule has 10 nitrogen and oxygen atoms in total. The first kappa shape index (κ1) is 27.7. The highest BCUT2D eigenvalue weighted by atomic mass is 32.1. The number of thiophene rings is 1. The number of nitrogens with one attached hydrogen (secondary N) is 3. The van der Waals surface area contributed by atoms with E-state index in [4.69, 9.17) is 4.74 Å². The van der Waals surface area contributed by atoms with Crippen LogP contribution in [-0.2, 0) is 4.79 Å². The SMILES string of the molecule is Cc1cc(Oc2ccccc2)ccc1N1C(=O)Nc2c(C(=O)N[C@H]3CC[C@H](NC(=O)CN(C)C)C3)sc3nccc1c23. The molecule has 2 aromatic carbocycles. The van der Waals surface area contributed by atoms with E-state index >= 15 is 0 Å². The van der Waals surface area contributed by atoms with Crippen LogP contribution in [-0.4, -0.2) is 60.5 Å². The Bertz CT molecular complexity index is 1670. The van der Waals surface area contributed by atoms with E-state index in [1.807, 2.05) is 74.4 Å². The van der Waals surface area contributed by atoms with Gasteiger partial charge in [-0.3, -0.25) is 14.5 Å². The molecule has 2 aliphatic rings. The van der Waals surface area contributed by atoms with Gasteiger partial charge in [0.25, 0.3) is 5.91 Å². The number of aryl methyl sites for hydroxylation is 1. The van der Waals surface area contributed by atoms with Gasteiger partial charge in [0.2, 0.25) is 5.91 Å². The van der Waals surface area contributed by atoms with E-state index in [0.29, 0.717) is 45.5 Å². The molecule has 0 bridgehead atoms. The molecular formula is C31H32N6O4S. The number of urea groups is 1. The minimum absolute atomic E-state index is 0.0228. The maximum absolute atomic E-state index is 13.6. The summed E-state index contributed by atoms with van der Waals surface area (Å²) in [4.78, 5) is 48.2. The van der Waals surface area contributed by atoms with Gasteiger partial charge in [0, 0.05) is 18.3 Å². The second-order valence-corrected chi connectivity index (χ2v) is 11.9. The lowest BCUT2D eigenvalue weighted by molar-refractivity contribution is -0.122. The lowest BCUT2D eigenvalue weighted by atomic mass is 10.1. The highest BCUT2D eigenvalue weighted by molar-refractivity contribution is 7.21. The lowest BCUT2D eigenvalue weighted by Gasteiger charge is -2.29. The number of anilines is 3. The van der Waals surface area contributed by atoms with E-state index in [-0.39, 0.29) is 29.9 Å².